The maximum Gasteiger partial charge on any atom is 0.226 e. The fourth-order valence-corrected chi connectivity index (χ4v) is 4.26. The lowest BCUT2D eigenvalue weighted by atomic mass is 10.2. The van der Waals surface area contributed by atoms with Gasteiger partial charge in [0.2, 0.25) is 5.95 Å². The van der Waals surface area contributed by atoms with Gasteiger partial charge in [-0.2, -0.15) is 9.97 Å². The fraction of sp³-hybridized carbons (Fsp3) is 0.455. The second-order valence-corrected chi connectivity index (χ2v) is 7.89. The summed E-state index contributed by atoms with van der Waals surface area (Å²) in [6.45, 7) is 0. The Morgan fingerprint density at radius 1 is 0.844 bits per heavy atom. The quantitative estimate of drug-likeness (QED) is 0.300. The second kappa shape index (κ2) is 8.52. The molecule has 3 aromatic rings. The van der Waals surface area contributed by atoms with Crippen LogP contribution in [0.1, 0.15) is 12.8 Å². The third-order valence-electron chi connectivity index (χ3n) is 6.09. The van der Waals surface area contributed by atoms with Crippen LogP contribution in [0.15, 0.2) is 12.1 Å². The lowest BCUT2D eigenvalue weighted by Gasteiger charge is -2.21. The van der Waals surface area contributed by atoms with E-state index >= 15 is 0 Å². The van der Waals surface area contributed by atoms with Crippen molar-refractivity contribution in [1.82, 2.24) is 14.5 Å². The van der Waals surface area contributed by atoms with Gasteiger partial charge in [-0.3, -0.25) is 4.57 Å². The van der Waals surface area contributed by atoms with Crippen molar-refractivity contribution in [2.75, 3.05) is 86.1 Å². The molecule has 10 heteroatoms. The molecule has 2 heterocycles. The van der Waals surface area contributed by atoms with E-state index in [1.807, 2.05) is 42.3 Å². The van der Waals surface area contributed by atoms with E-state index in [4.69, 9.17) is 9.97 Å². The number of nitrogens with one attached hydrogen (secondary N) is 6. The van der Waals surface area contributed by atoms with E-state index in [0.717, 1.165) is 51.1 Å². The molecule has 0 aliphatic heterocycles. The first-order valence-corrected chi connectivity index (χ1v) is 11.0. The smallest absolute Gasteiger partial charge is 0.226 e. The Morgan fingerprint density at radius 2 is 1.50 bits per heavy atom. The van der Waals surface area contributed by atoms with Crippen molar-refractivity contribution in [3.05, 3.63) is 12.1 Å². The van der Waals surface area contributed by atoms with Crippen LogP contribution in [0, 0.1) is 0 Å². The van der Waals surface area contributed by atoms with Gasteiger partial charge in [0.05, 0.1) is 28.1 Å². The van der Waals surface area contributed by atoms with Crippen molar-refractivity contribution in [2.24, 2.45) is 0 Å². The zero-order valence-corrected chi connectivity index (χ0v) is 19.9. The lowest BCUT2D eigenvalue weighted by molar-refractivity contribution is 0.894. The van der Waals surface area contributed by atoms with E-state index in [0.29, 0.717) is 12.0 Å². The van der Waals surface area contributed by atoms with Crippen LogP contribution >= 0.6 is 0 Å². The van der Waals surface area contributed by atoms with Crippen LogP contribution in [0.25, 0.3) is 16.7 Å². The number of aromatic nitrogens is 3. The molecule has 0 unspecified atom stereocenters. The zero-order valence-electron chi connectivity index (χ0n) is 19.9. The number of hydrogen-bond donors (Lipinski definition) is 6. The van der Waals surface area contributed by atoms with Crippen LogP contribution in [0.2, 0.25) is 0 Å². The van der Waals surface area contributed by atoms with Crippen molar-refractivity contribution in [2.45, 2.75) is 18.9 Å². The third-order valence-corrected chi connectivity index (χ3v) is 6.09. The summed E-state index contributed by atoms with van der Waals surface area (Å²) >= 11 is 0. The molecule has 0 bridgehead atoms. The highest BCUT2D eigenvalue weighted by molar-refractivity contribution is 6.08. The summed E-state index contributed by atoms with van der Waals surface area (Å²) in [5, 5.41) is 20.9. The van der Waals surface area contributed by atoms with Gasteiger partial charge in [0.15, 0.2) is 5.65 Å². The van der Waals surface area contributed by atoms with Gasteiger partial charge in [-0.25, -0.2) is 0 Å². The minimum atomic E-state index is 0.513. The molecular weight excluding hydrogens is 404 g/mol. The van der Waals surface area contributed by atoms with Gasteiger partial charge in [0, 0.05) is 61.1 Å². The SMILES string of the molecule is CNc1cc(NC)c(-n2c(NC)c(NC)c3c(N(C)C4CC4)nc(NC)nc32)c(NC)c1. The first-order valence-electron chi connectivity index (χ1n) is 11.0. The fourth-order valence-electron chi connectivity index (χ4n) is 4.26. The van der Waals surface area contributed by atoms with Crippen molar-refractivity contribution in [1.29, 1.82) is 0 Å². The molecule has 0 saturated heterocycles. The Balaban J connectivity index is 2.14. The van der Waals surface area contributed by atoms with Crippen molar-refractivity contribution in [3.63, 3.8) is 0 Å². The van der Waals surface area contributed by atoms with Crippen LogP contribution in [0.4, 0.5) is 40.3 Å². The molecule has 0 radical (unpaired) electrons. The Morgan fingerprint density at radius 3 is 1.97 bits per heavy atom. The molecule has 1 saturated carbocycles. The Labute approximate surface area is 189 Å². The van der Waals surface area contributed by atoms with E-state index in [1.54, 1.807) is 0 Å². The average molecular weight is 439 g/mol. The highest BCUT2D eigenvalue weighted by Crippen LogP contribution is 2.46. The van der Waals surface area contributed by atoms with Crippen LogP contribution in [0.5, 0.6) is 0 Å². The standard InChI is InChI=1S/C22H34N10/c1-23-12-10-14(24-2)18(15(11-12)25-3)32-20-16(17(26-4)21(32)27-5)19(29-22(28-6)30-20)31(7)13-8-9-13/h10-11,13,23-27H,8-9H2,1-7H3,(H,28,29,30). The average Bonchev–Trinajstić information content (AvgIpc) is 3.63. The summed E-state index contributed by atoms with van der Waals surface area (Å²) in [4.78, 5) is 12.1. The van der Waals surface area contributed by atoms with Gasteiger partial charge < -0.3 is 36.8 Å². The first-order chi connectivity index (χ1) is 15.5. The minimum absolute atomic E-state index is 0.513. The number of hydrogen-bond acceptors (Lipinski definition) is 9. The maximum atomic E-state index is 4.93. The number of rotatable bonds is 9. The molecule has 1 aliphatic carbocycles. The third kappa shape index (κ3) is 3.35. The zero-order chi connectivity index (χ0) is 23.0. The molecule has 4 rings (SSSR count). The molecule has 0 amide bonds. The van der Waals surface area contributed by atoms with Gasteiger partial charge in [0.25, 0.3) is 0 Å². The van der Waals surface area contributed by atoms with E-state index < -0.39 is 0 Å². The first kappa shape index (κ1) is 21.7. The number of fused-ring (bicyclic) bond motifs is 1. The predicted octanol–water partition coefficient (Wildman–Crippen LogP) is 3.27. The summed E-state index contributed by atoms with van der Waals surface area (Å²) in [5.74, 6) is 2.43. The second-order valence-electron chi connectivity index (χ2n) is 7.89. The molecule has 0 atom stereocenters. The van der Waals surface area contributed by atoms with Gasteiger partial charge >= 0.3 is 0 Å². The molecule has 1 fully saturated rings. The molecule has 2 aromatic heterocycles. The molecular formula is C22H34N10. The molecule has 1 aromatic carbocycles. The van der Waals surface area contributed by atoms with Crippen LogP contribution in [-0.2, 0) is 0 Å². The van der Waals surface area contributed by atoms with Gasteiger partial charge in [-0.1, -0.05) is 0 Å². The maximum absolute atomic E-state index is 4.93. The van der Waals surface area contributed by atoms with Gasteiger partial charge in [-0.15, -0.1) is 0 Å². The van der Waals surface area contributed by atoms with Gasteiger partial charge in [0.1, 0.15) is 11.6 Å². The molecule has 1 aliphatic rings. The van der Waals surface area contributed by atoms with E-state index in [1.165, 1.54) is 12.8 Å². The summed E-state index contributed by atoms with van der Waals surface area (Å²) in [6, 6.07) is 4.70. The predicted molar refractivity (Wildman–Crippen MR) is 138 cm³/mol. The molecule has 172 valence electrons. The summed E-state index contributed by atoms with van der Waals surface area (Å²) in [5.41, 5.74) is 5.72. The molecule has 0 spiro atoms. The largest absolute Gasteiger partial charge is 0.388 e. The van der Waals surface area contributed by atoms with Gasteiger partial charge in [-0.05, 0) is 25.0 Å². The van der Waals surface area contributed by atoms with E-state index in [2.05, 4.69) is 60.5 Å². The van der Waals surface area contributed by atoms with Crippen molar-refractivity contribution < 1.29 is 0 Å². The highest BCUT2D eigenvalue weighted by atomic mass is 15.3. The van der Waals surface area contributed by atoms with Crippen LogP contribution in [0.3, 0.4) is 0 Å². The summed E-state index contributed by atoms with van der Waals surface area (Å²) in [7, 11) is 13.6. The van der Waals surface area contributed by atoms with Crippen molar-refractivity contribution in [3.8, 4) is 5.69 Å². The topological polar surface area (TPSA) is 106 Å². The van der Waals surface area contributed by atoms with Crippen LogP contribution < -0.4 is 36.8 Å². The Bertz CT molecular complexity index is 1110. The van der Waals surface area contributed by atoms with Crippen molar-refractivity contribution >= 4 is 51.4 Å². The summed E-state index contributed by atoms with van der Waals surface area (Å²) in [6.07, 6.45) is 2.37. The lowest BCUT2D eigenvalue weighted by Crippen LogP contribution is -2.22. The number of benzene rings is 1. The monoisotopic (exact) mass is 438 g/mol. The highest BCUT2D eigenvalue weighted by Gasteiger charge is 2.32. The number of nitrogens with zero attached hydrogens (tertiary/aromatic N) is 4. The number of anilines is 7. The summed E-state index contributed by atoms with van der Waals surface area (Å²) < 4.78 is 2.16. The minimum Gasteiger partial charge on any atom is -0.388 e. The van der Waals surface area contributed by atoms with E-state index in [-0.39, 0.29) is 0 Å². The Hall–Kier alpha value is -3.56. The Kier molecular flexibility index (Phi) is 5.77. The molecule has 10 nitrogen and oxygen atoms in total. The normalized spacial score (nSPS) is 13.1. The molecule has 32 heavy (non-hydrogen) atoms. The van der Waals surface area contributed by atoms with E-state index in [9.17, 15) is 0 Å². The van der Waals surface area contributed by atoms with Crippen LogP contribution in [-0.4, -0.2) is 69.9 Å². The molecule has 6 N–H and O–H groups in total.